The van der Waals surface area contributed by atoms with E-state index in [2.05, 4.69) is 25.6 Å². The molecule has 90 valence electrons. The van der Waals surface area contributed by atoms with E-state index in [9.17, 15) is 0 Å². The Labute approximate surface area is 103 Å². The lowest BCUT2D eigenvalue weighted by molar-refractivity contribution is 1.05. The van der Waals surface area contributed by atoms with E-state index in [1.807, 2.05) is 37.3 Å². The monoisotopic (exact) mass is 240 g/mol. The number of aryl methyl sites for hydroxylation is 1. The number of hydrogen-bond acceptors (Lipinski definition) is 5. The Kier molecular flexibility index (Phi) is 2.42. The second kappa shape index (κ2) is 4.08. The zero-order valence-corrected chi connectivity index (χ0v) is 9.81. The molecule has 2 heterocycles. The van der Waals surface area contributed by atoms with Crippen molar-refractivity contribution < 1.29 is 0 Å². The summed E-state index contributed by atoms with van der Waals surface area (Å²) in [6.45, 7) is 1.90. The van der Waals surface area contributed by atoms with Gasteiger partial charge in [0.2, 0.25) is 0 Å². The van der Waals surface area contributed by atoms with Gasteiger partial charge in [0.15, 0.2) is 17.3 Å². The second-order valence-electron chi connectivity index (χ2n) is 3.95. The van der Waals surface area contributed by atoms with Gasteiger partial charge in [0.25, 0.3) is 0 Å². The maximum Gasteiger partial charge on any atom is 0.187 e. The number of hydrazine groups is 1. The highest BCUT2D eigenvalue weighted by Gasteiger charge is 2.12. The minimum Gasteiger partial charge on any atom is -0.308 e. The highest BCUT2D eigenvalue weighted by atomic mass is 15.3. The molecule has 0 saturated heterocycles. The molecule has 6 nitrogen and oxygen atoms in total. The first-order chi connectivity index (χ1) is 8.79. The smallest absolute Gasteiger partial charge is 0.187 e. The van der Waals surface area contributed by atoms with E-state index < -0.39 is 0 Å². The third-order valence-electron chi connectivity index (χ3n) is 2.76. The predicted octanol–water partition coefficient (Wildman–Crippen LogP) is 1.61. The van der Waals surface area contributed by atoms with Gasteiger partial charge in [-0.3, -0.25) is 5.10 Å². The van der Waals surface area contributed by atoms with Crippen molar-refractivity contribution in [3.8, 4) is 11.4 Å². The fraction of sp³-hybridized carbons (Fsp3) is 0.0833. The van der Waals surface area contributed by atoms with Crippen molar-refractivity contribution in [3.63, 3.8) is 0 Å². The zero-order valence-electron chi connectivity index (χ0n) is 9.81. The molecule has 0 radical (unpaired) electrons. The van der Waals surface area contributed by atoms with Crippen LogP contribution in [0.25, 0.3) is 22.4 Å². The largest absolute Gasteiger partial charge is 0.308 e. The van der Waals surface area contributed by atoms with Gasteiger partial charge in [-0.05, 0) is 6.92 Å². The Hall–Kier alpha value is -2.47. The van der Waals surface area contributed by atoms with Gasteiger partial charge in [-0.15, -0.1) is 0 Å². The fourth-order valence-corrected chi connectivity index (χ4v) is 1.89. The number of hydrogen-bond donors (Lipinski definition) is 3. The van der Waals surface area contributed by atoms with E-state index in [1.54, 1.807) is 0 Å². The fourth-order valence-electron chi connectivity index (χ4n) is 1.89. The summed E-state index contributed by atoms with van der Waals surface area (Å²) in [6.07, 6.45) is 0. The number of nitrogens with one attached hydrogen (secondary N) is 2. The first-order valence-corrected chi connectivity index (χ1v) is 5.54. The minimum absolute atomic E-state index is 0.574. The number of anilines is 1. The van der Waals surface area contributed by atoms with Crippen LogP contribution in [-0.4, -0.2) is 20.2 Å². The summed E-state index contributed by atoms with van der Waals surface area (Å²) in [6, 6.07) is 9.72. The average molecular weight is 240 g/mol. The van der Waals surface area contributed by atoms with Gasteiger partial charge < -0.3 is 5.43 Å². The van der Waals surface area contributed by atoms with Crippen LogP contribution in [-0.2, 0) is 0 Å². The Morgan fingerprint density at radius 3 is 2.67 bits per heavy atom. The first kappa shape index (κ1) is 10.7. The molecule has 0 amide bonds. The van der Waals surface area contributed by atoms with E-state index in [0.29, 0.717) is 17.3 Å². The number of H-pyrrole nitrogens is 1. The molecule has 0 aliphatic heterocycles. The van der Waals surface area contributed by atoms with Gasteiger partial charge in [0.05, 0.1) is 5.39 Å². The Bertz CT molecular complexity index is 688. The Morgan fingerprint density at radius 2 is 1.94 bits per heavy atom. The first-order valence-electron chi connectivity index (χ1n) is 5.54. The van der Waals surface area contributed by atoms with E-state index >= 15 is 0 Å². The lowest BCUT2D eigenvalue weighted by Crippen LogP contribution is -2.10. The van der Waals surface area contributed by atoms with Crippen molar-refractivity contribution in [2.45, 2.75) is 6.92 Å². The standard InChI is InChI=1S/C12H12N6/c1-7-9-11(16-13)14-10(15-12(9)18-17-7)8-5-3-2-4-6-8/h2-6H,13H2,1H3,(H2,14,15,16,17,18). The summed E-state index contributed by atoms with van der Waals surface area (Å²) in [5.41, 5.74) is 5.02. The maximum absolute atomic E-state index is 5.51. The lowest BCUT2D eigenvalue weighted by Gasteiger charge is -2.05. The van der Waals surface area contributed by atoms with E-state index in [0.717, 1.165) is 16.6 Å². The maximum atomic E-state index is 5.51. The summed E-state index contributed by atoms with van der Waals surface area (Å²) >= 11 is 0. The van der Waals surface area contributed by atoms with Crippen LogP contribution in [0.5, 0.6) is 0 Å². The summed E-state index contributed by atoms with van der Waals surface area (Å²) in [4.78, 5) is 8.84. The molecule has 0 saturated carbocycles. The summed E-state index contributed by atoms with van der Waals surface area (Å²) in [7, 11) is 0. The minimum atomic E-state index is 0.574. The SMILES string of the molecule is Cc1[nH]nc2nc(-c3ccccc3)nc(NN)c12. The van der Waals surface area contributed by atoms with Gasteiger partial charge in [-0.2, -0.15) is 5.10 Å². The van der Waals surface area contributed by atoms with Crippen LogP contribution in [0, 0.1) is 6.92 Å². The molecule has 2 aromatic heterocycles. The molecule has 0 atom stereocenters. The zero-order chi connectivity index (χ0) is 12.5. The van der Waals surface area contributed by atoms with Gasteiger partial charge in [0, 0.05) is 11.3 Å². The summed E-state index contributed by atoms with van der Waals surface area (Å²) in [5.74, 6) is 6.68. The number of aromatic amines is 1. The molecule has 6 heteroatoms. The molecule has 0 bridgehead atoms. The van der Waals surface area contributed by atoms with Crippen LogP contribution in [0.2, 0.25) is 0 Å². The van der Waals surface area contributed by atoms with Crippen molar-refractivity contribution in [2.24, 2.45) is 5.84 Å². The number of nitrogens with zero attached hydrogens (tertiary/aromatic N) is 3. The Balaban J connectivity index is 2.27. The van der Waals surface area contributed by atoms with Crippen molar-refractivity contribution in [1.29, 1.82) is 0 Å². The van der Waals surface area contributed by atoms with E-state index in [4.69, 9.17) is 5.84 Å². The van der Waals surface area contributed by atoms with Crippen LogP contribution >= 0.6 is 0 Å². The van der Waals surface area contributed by atoms with Crippen molar-refractivity contribution in [3.05, 3.63) is 36.0 Å². The lowest BCUT2D eigenvalue weighted by atomic mass is 10.2. The normalized spacial score (nSPS) is 10.8. The molecule has 0 unspecified atom stereocenters. The third-order valence-corrected chi connectivity index (χ3v) is 2.76. The number of benzene rings is 1. The van der Waals surface area contributed by atoms with Gasteiger partial charge in [-0.1, -0.05) is 30.3 Å². The molecule has 0 fully saturated rings. The van der Waals surface area contributed by atoms with Crippen LogP contribution in [0.1, 0.15) is 5.69 Å². The number of rotatable bonds is 2. The highest BCUT2D eigenvalue weighted by molar-refractivity contribution is 5.90. The molecular formula is C12H12N6. The number of nitrogen functional groups attached to an aromatic ring is 1. The molecule has 0 aliphatic carbocycles. The van der Waals surface area contributed by atoms with Gasteiger partial charge in [-0.25, -0.2) is 15.8 Å². The van der Waals surface area contributed by atoms with Crippen molar-refractivity contribution in [2.75, 3.05) is 5.43 Å². The summed E-state index contributed by atoms with van der Waals surface area (Å²) < 4.78 is 0. The van der Waals surface area contributed by atoms with E-state index in [-0.39, 0.29) is 0 Å². The van der Waals surface area contributed by atoms with Crippen LogP contribution in [0.3, 0.4) is 0 Å². The predicted molar refractivity (Wildman–Crippen MR) is 69.7 cm³/mol. The van der Waals surface area contributed by atoms with Crippen LogP contribution < -0.4 is 11.3 Å². The van der Waals surface area contributed by atoms with E-state index in [1.165, 1.54) is 0 Å². The molecule has 4 N–H and O–H groups in total. The van der Waals surface area contributed by atoms with Gasteiger partial charge in [0.1, 0.15) is 0 Å². The van der Waals surface area contributed by atoms with Gasteiger partial charge >= 0.3 is 0 Å². The quantitative estimate of drug-likeness (QED) is 0.467. The van der Waals surface area contributed by atoms with Crippen LogP contribution in [0.4, 0.5) is 5.82 Å². The highest BCUT2D eigenvalue weighted by Crippen LogP contribution is 2.24. The Morgan fingerprint density at radius 1 is 1.17 bits per heavy atom. The molecule has 3 rings (SSSR count). The number of aromatic nitrogens is 4. The third kappa shape index (κ3) is 1.59. The topological polar surface area (TPSA) is 92.5 Å². The molecular weight excluding hydrogens is 228 g/mol. The van der Waals surface area contributed by atoms with Crippen molar-refractivity contribution in [1.82, 2.24) is 20.2 Å². The summed E-state index contributed by atoms with van der Waals surface area (Å²) in [5, 5.41) is 7.84. The number of fused-ring (bicyclic) bond motifs is 1. The molecule has 18 heavy (non-hydrogen) atoms. The molecule has 1 aromatic carbocycles. The average Bonchev–Trinajstić information content (AvgIpc) is 2.81. The second-order valence-corrected chi connectivity index (χ2v) is 3.95. The number of nitrogens with two attached hydrogens (primary N) is 1. The molecule has 0 spiro atoms. The van der Waals surface area contributed by atoms with Crippen LogP contribution in [0.15, 0.2) is 30.3 Å². The molecule has 3 aromatic rings. The molecule has 0 aliphatic rings. The van der Waals surface area contributed by atoms with Crippen molar-refractivity contribution >= 4 is 16.9 Å².